The van der Waals surface area contributed by atoms with Crippen LogP contribution in [0, 0.1) is 13.8 Å². The molecule has 0 heterocycles. The lowest BCUT2D eigenvalue weighted by Gasteiger charge is -2.13. The van der Waals surface area contributed by atoms with Crippen LogP contribution >= 0.6 is 0 Å². The van der Waals surface area contributed by atoms with E-state index in [2.05, 4.69) is 10.6 Å². The van der Waals surface area contributed by atoms with Gasteiger partial charge in [0.2, 0.25) is 0 Å². The molecule has 164 valence electrons. The smallest absolute Gasteiger partial charge is 0.261 e. The van der Waals surface area contributed by atoms with Gasteiger partial charge in [-0.2, -0.15) is 0 Å². The second-order valence-corrected chi connectivity index (χ2v) is 7.83. The van der Waals surface area contributed by atoms with Gasteiger partial charge in [-0.1, -0.05) is 48.5 Å². The van der Waals surface area contributed by atoms with Gasteiger partial charge < -0.3 is 15.4 Å². The van der Waals surface area contributed by atoms with Gasteiger partial charge >= 0.3 is 0 Å². The Morgan fingerprint density at radius 2 is 1.22 bits per heavy atom. The normalized spacial score (nSPS) is 10.4. The van der Waals surface area contributed by atoms with Gasteiger partial charge in [0.05, 0.1) is 6.10 Å². The molecule has 0 saturated carbocycles. The van der Waals surface area contributed by atoms with Gasteiger partial charge in [0, 0.05) is 11.4 Å². The Morgan fingerprint density at radius 1 is 0.750 bits per heavy atom. The number of nitrogens with one attached hydrogen (secondary N) is 2. The summed E-state index contributed by atoms with van der Waals surface area (Å²) >= 11 is 0. The summed E-state index contributed by atoms with van der Waals surface area (Å²) in [7, 11) is 0. The van der Waals surface area contributed by atoms with E-state index < -0.39 is 11.8 Å². The van der Waals surface area contributed by atoms with Crippen molar-refractivity contribution in [1.82, 2.24) is 0 Å². The third-order valence-corrected chi connectivity index (χ3v) is 4.84. The van der Waals surface area contributed by atoms with Crippen LogP contribution < -0.4 is 15.4 Å². The van der Waals surface area contributed by atoms with Gasteiger partial charge in [0.15, 0.2) is 0 Å². The lowest BCUT2D eigenvalue weighted by Crippen LogP contribution is -2.25. The summed E-state index contributed by atoms with van der Waals surface area (Å²) < 4.78 is 5.67. The minimum Gasteiger partial charge on any atom is -0.491 e. The van der Waals surface area contributed by atoms with E-state index in [0.29, 0.717) is 11.4 Å². The fraction of sp³-hybridized carbons (Fsp3) is 0.185. The Kier molecular flexibility index (Phi) is 7.45. The lowest BCUT2D eigenvalue weighted by atomic mass is 10.1. The number of para-hydroxylation sites is 2. The summed E-state index contributed by atoms with van der Waals surface area (Å²) in [5, 5.41) is 5.71. The molecule has 3 rings (SSSR count). The molecule has 0 spiro atoms. The molecule has 0 aromatic heterocycles. The Hall–Kier alpha value is -3.86. The first-order valence-electron chi connectivity index (χ1n) is 10.6. The molecule has 0 radical (unpaired) electrons. The van der Waals surface area contributed by atoms with Crippen LogP contribution in [0.1, 0.15) is 30.5 Å². The van der Waals surface area contributed by atoms with Crippen molar-refractivity contribution in [2.45, 2.75) is 33.8 Å². The van der Waals surface area contributed by atoms with Gasteiger partial charge in [-0.05, 0) is 74.7 Å². The molecule has 0 aliphatic carbocycles. The van der Waals surface area contributed by atoms with Crippen LogP contribution in [0.5, 0.6) is 5.75 Å². The number of rotatable bonds is 7. The number of hydrogen-bond acceptors (Lipinski definition) is 3. The topological polar surface area (TPSA) is 67.4 Å². The minimum atomic E-state index is -0.479. The molecule has 3 aromatic rings. The van der Waals surface area contributed by atoms with E-state index in [9.17, 15) is 9.59 Å². The second kappa shape index (κ2) is 10.4. The molecular formula is C27H28N2O3. The molecule has 3 aromatic carbocycles. The first-order chi connectivity index (χ1) is 15.3. The van der Waals surface area contributed by atoms with E-state index in [1.165, 1.54) is 0 Å². The zero-order chi connectivity index (χ0) is 23.1. The number of carbonyl (C=O) groups excluding carboxylic acids is 2. The second-order valence-electron chi connectivity index (χ2n) is 7.83. The summed E-state index contributed by atoms with van der Waals surface area (Å²) in [4.78, 5) is 26.3. The van der Waals surface area contributed by atoms with Crippen LogP contribution in [0.3, 0.4) is 0 Å². The van der Waals surface area contributed by atoms with Crippen molar-refractivity contribution in [1.29, 1.82) is 0 Å². The number of aryl methyl sites for hydroxylation is 2. The molecule has 2 amide bonds. The van der Waals surface area contributed by atoms with Gasteiger partial charge in [-0.15, -0.1) is 0 Å². The van der Waals surface area contributed by atoms with E-state index in [4.69, 9.17) is 4.74 Å². The zero-order valence-electron chi connectivity index (χ0n) is 18.8. The third kappa shape index (κ3) is 6.08. The van der Waals surface area contributed by atoms with Crippen molar-refractivity contribution in [3.05, 3.63) is 95.1 Å². The van der Waals surface area contributed by atoms with E-state index in [-0.39, 0.29) is 11.7 Å². The monoisotopic (exact) mass is 428 g/mol. The fourth-order valence-corrected chi connectivity index (χ4v) is 3.12. The van der Waals surface area contributed by atoms with Gasteiger partial charge in [-0.25, -0.2) is 0 Å². The first kappa shape index (κ1) is 22.8. The minimum absolute atomic E-state index is 0.00836. The number of anilines is 2. The van der Waals surface area contributed by atoms with E-state index in [1.54, 1.807) is 6.08 Å². The molecule has 0 aliphatic rings. The number of amides is 2. The van der Waals surface area contributed by atoms with Crippen molar-refractivity contribution in [2.24, 2.45) is 0 Å². The van der Waals surface area contributed by atoms with Crippen LogP contribution in [0.4, 0.5) is 11.4 Å². The molecule has 0 aliphatic heterocycles. The van der Waals surface area contributed by atoms with Crippen molar-refractivity contribution >= 4 is 29.3 Å². The molecule has 5 heteroatoms. The summed E-state index contributed by atoms with van der Waals surface area (Å²) in [6, 6.07) is 22.2. The molecule has 0 fully saturated rings. The summed E-state index contributed by atoms with van der Waals surface area (Å²) in [6.45, 7) is 7.72. The number of ether oxygens (including phenoxy) is 1. The SMILES string of the molecule is Cc1ccccc1NC(=O)C(=Cc1ccc(OC(C)C)cc1)C(=O)Nc1ccccc1C. The maximum atomic E-state index is 13.1. The van der Waals surface area contributed by atoms with Crippen LogP contribution in [-0.4, -0.2) is 17.9 Å². The lowest BCUT2D eigenvalue weighted by molar-refractivity contribution is -0.118. The van der Waals surface area contributed by atoms with Crippen LogP contribution in [0.15, 0.2) is 78.4 Å². The molecule has 5 nitrogen and oxygen atoms in total. The van der Waals surface area contributed by atoms with Gasteiger partial charge in [0.1, 0.15) is 11.3 Å². The largest absolute Gasteiger partial charge is 0.491 e. The first-order valence-corrected chi connectivity index (χ1v) is 10.6. The fourth-order valence-electron chi connectivity index (χ4n) is 3.12. The Balaban J connectivity index is 1.91. The molecule has 32 heavy (non-hydrogen) atoms. The highest BCUT2D eigenvalue weighted by atomic mass is 16.5. The van der Waals surface area contributed by atoms with Crippen LogP contribution in [-0.2, 0) is 9.59 Å². The predicted molar refractivity (Wildman–Crippen MR) is 130 cm³/mol. The van der Waals surface area contributed by atoms with E-state index >= 15 is 0 Å². The number of hydrogen-bond donors (Lipinski definition) is 2. The number of benzene rings is 3. The quantitative estimate of drug-likeness (QED) is 0.286. The van der Waals surface area contributed by atoms with Crippen molar-refractivity contribution in [2.75, 3.05) is 10.6 Å². The maximum absolute atomic E-state index is 13.1. The highest BCUT2D eigenvalue weighted by molar-refractivity contribution is 6.29. The van der Waals surface area contributed by atoms with Crippen LogP contribution in [0.2, 0.25) is 0 Å². The Labute approximate surface area is 189 Å². The molecule has 2 N–H and O–H groups in total. The summed E-state index contributed by atoms with van der Waals surface area (Å²) in [6.07, 6.45) is 1.65. The molecule has 0 atom stereocenters. The average molecular weight is 429 g/mol. The standard InChI is InChI=1S/C27H28N2O3/c1-18(2)32-22-15-13-21(14-16-22)17-23(26(30)28-24-11-7-5-9-19(24)3)27(31)29-25-12-8-6-10-20(25)4/h5-18H,1-4H3,(H,28,30)(H,29,31). The van der Waals surface area contributed by atoms with Crippen molar-refractivity contribution < 1.29 is 14.3 Å². The third-order valence-electron chi connectivity index (χ3n) is 4.84. The summed E-state index contributed by atoms with van der Waals surface area (Å²) in [5.74, 6) is -0.229. The van der Waals surface area contributed by atoms with E-state index in [1.807, 2.05) is 100 Å². The van der Waals surface area contributed by atoms with Crippen molar-refractivity contribution in [3.63, 3.8) is 0 Å². The predicted octanol–water partition coefficient (Wildman–Crippen LogP) is 5.75. The molecule has 0 bridgehead atoms. The van der Waals surface area contributed by atoms with Crippen molar-refractivity contribution in [3.8, 4) is 5.75 Å². The maximum Gasteiger partial charge on any atom is 0.261 e. The zero-order valence-corrected chi connectivity index (χ0v) is 18.8. The Morgan fingerprint density at radius 3 is 1.66 bits per heavy atom. The number of carbonyl (C=O) groups is 2. The summed E-state index contributed by atoms with van der Waals surface area (Å²) in [5.41, 5.74) is 3.87. The average Bonchev–Trinajstić information content (AvgIpc) is 2.76. The Bertz CT molecular complexity index is 1070. The van der Waals surface area contributed by atoms with Gasteiger partial charge in [0.25, 0.3) is 11.8 Å². The highest BCUT2D eigenvalue weighted by Gasteiger charge is 2.20. The molecular weight excluding hydrogens is 400 g/mol. The molecule has 0 saturated heterocycles. The molecule has 0 unspecified atom stereocenters. The van der Waals surface area contributed by atoms with Gasteiger partial charge in [-0.3, -0.25) is 9.59 Å². The van der Waals surface area contributed by atoms with Crippen LogP contribution in [0.25, 0.3) is 6.08 Å². The highest BCUT2D eigenvalue weighted by Crippen LogP contribution is 2.20. The van der Waals surface area contributed by atoms with E-state index in [0.717, 1.165) is 22.4 Å².